The van der Waals surface area contributed by atoms with Crippen LogP contribution in [0.25, 0.3) is 22.6 Å². The second-order valence-electron chi connectivity index (χ2n) is 7.77. The van der Waals surface area contributed by atoms with Gasteiger partial charge in [-0.2, -0.15) is 0 Å². The number of nitrogens with one attached hydrogen (secondary N) is 2. The van der Waals surface area contributed by atoms with E-state index < -0.39 is 0 Å². The molecule has 0 atom stereocenters. The quantitative estimate of drug-likeness (QED) is 0.289. The molecule has 35 heavy (non-hydrogen) atoms. The van der Waals surface area contributed by atoms with E-state index in [1.165, 1.54) is 17.3 Å². The predicted molar refractivity (Wildman–Crippen MR) is 140 cm³/mol. The summed E-state index contributed by atoms with van der Waals surface area (Å²) in [5, 5.41) is 3.66. The third kappa shape index (κ3) is 5.78. The molecule has 0 saturated heterocycles. The minimum atomic E-state index is -0.147. The Labute approximate surface area is 208 Å². The van der Waals surface area contributed by atoms with E-state index in [0.29, 0.717) is 17.2 Å². The summed E-state index contributed by atoms with van der Waals surface area (Å²) in [7, 11) is 4.77. The number of ether oxygens (including phenoxy) is 3. The summed E-state index contributed by atoms with van der Waals surface area (Å²) in [5.41, 5.74) is 4.62. The molecule has 1 amide bonds. The van der Waals surface area contributed by atoms with E-state index in [-0.39, 0.29) is 11.7 Å². The fraction of sp³-hybridized carbons (Fsp3) is 0.185. The number of imidazole rings is 1. The van der Waals surface area contributed by atoms with E-state index in [9.17, 15) is 4.79 Å². The number of aromatic amines is 1. The topological polar surface area (TPSA) is 85.5 Å². The van der Waals surface area contributed by atoms with Crippen molar-refractivity contribution in [2.75, 3.05) is 32.4 Å². The standard InChI is InChI=1S/C27H27N3O4S/c1-17-5-7-18(8-6-17)25-27(30-26(29-25)19-9-12-21(32-2)13-10-19)35-16-24(31)28-20-11-14-22(33-3)23(15-20)34-4/h5-15H,16H2,1-4H3,(H,28,31)(H,29,30). The molecular weight excluding hydrogens is 462 g/mol. The van der Waals surface area contributed by atoms with Gasteiger partial charge in [-0.1, -0.05) is 41.6 Å². The summed E-state index contributed by atoms with van der Waals surface area (Å²) in [5.74, 6) is 2.71. The number of carbonyl (C=O) groups is 1. The summed E-state index contributed by atoms with van der Waals surface area (Å²) in [4.78, 5) is 21.0. The third-order valence-electron chi connectivity index (χ3n) is 5.38. The summed E-state index contributed by atoms with van der Waals surface area (Å²) in [6.45, 7) is 2.05. The lowest BCUT2D eigenvalue weighted by Gasteiger charge is -2.10. The average Bonchev–Trinajstić information content (AvgIpc) is 3.32. The second kappa shape index (κ2) is 11.0. The minimum absolute atomic E-state index is 0.147. The molecule has 0 spiro atoms. The normalized spacial score (nSPS) is 10.6. The van der Waals surface area contributed by atoms with Crippen LogP contribution in [-0.2, 0) is 4.79 Å². The van der Waals surface area contributed by atoms with Crippen molar-refractivity contribution in [2.45, 2.75) is 11.9 Å². The van der Waals surface area contributed by atoms with Crippen LogP contribution in [0.15, 0.2) is 71.8 Å². The molecule has 7 nitrogen and oxygen atoms in total. The fourth-order valence-electron chi connectivity index (χ4n) is 3.51. The molecule has 4 rings (SSSR count). The maximum atomic E-state index is 12.7. The number of methoxy groups -OCH3 is 3. The molecule has 0 aliphatic rings. The molecule has 1 heterocycles. The number of aryl methyl sites for hydroxylation is 1. The Morgan fingerprint density at radius 2 is 1.57 bits per heavy atom. The highest BCUT2D eigenvalue weighted by Gasteiger charge is 2.16. The van der Waals surface area contributed by atoms with Crippen molar-refractivity contribution in [3.05, 3.63) is 72.3 Å². The maximum absolute atomic E-state index is 12.7. The van der Waals surface area contributed by atoms with E-state index in [0.717, 1.165) is 33.4 Å². The number of nitrogens with zero attached hydrogens (tertiary/aromatic N) is 1. The number of hydrogen-bond donors (Lipinski definition) is 2. The Balaban J connectivity index is 1.55. The van der Waals surface area contributed by atoms with Gasteiger partial charge in [-0.25, -0.2) is 4.98 Å². The zero-order chi connectivity index (χ0) is 24.8. The van der Waals surface area contributed by atoms with Crippen molar-refractivity contribution in [1.29, 1.82) is 0 Å². The van der Waals surface area contributed by atoms with Crippen molar-refractivity contribution in [3.8, 4) is 39.9 Å². The lowest BCUT2D eigenvalue weighted by atomic mass is 10.1. The first kappa shape index (κ1) is 24.2. The fourth-order valence-corrected chi connectivity index (χ4v) is 4.32. The van der Waals surface area contributed by atoms with Gasteiger partial charge in [-0.15, -0.1) is 0 Å². The summed E-state index contributed by atoms with van der Waals surface area (Å²) >= 11 is 1.38. The number of thioether (sulfide) groups is 1. The number of rotatable bonds is 9. The Morgan fingerprint density at radius 1 is 0.886 bits per heavy atom. The number of anilines is 1. The summed E-state index contributed by atoms with van der Waals surface area (Å²) < 4.78 is 15.8. The molecule has 0 saturated carbocycles. The zero-order valence-corrected chi connectivity index (χ0v) is 20.9. The molecule has 0 unspecified atom stereocenters. The highest BCUT2D eigenvalue weighted by Crippen LogP contribution is 2.34. The van der Waals surface area contributed by atoms with Crippen LogP contribution in [0.3, 0.4) is 0 Å². The number of aromatic nitrogens is 2. The highest BCUT2D eigenvalue weighted by molar-refractivity contribution is 8.00. The van der Waals surface area contributed by atoms with Gasteiger partial charge in [0.05, 0.1) is 32.8 Å². The molecule has 0 radical (unpaired) electrons. The van der Waals surface area contributed by atoms with Gasteiger partial charge in [0.2, 0.25) is 5.91 Å². The van der Waals surface area contributed by atoms with Crippen LogP contribution in [0, 0.1) is 6.92 Å². The van der Waals surface area contributed by atoms with Crippen LogP contribution in [0.5, 0.6) is 17.2 Å². The molecule has 8 heteroatoms. The molecule has 180 valence electrons. The highest BCUT2D eigenvalue weighted by atomic mass is 32.2. The average molecular weight is 490 g/mol. The van der Waals surface area contributed by atoms with Crippen LogP contribution < -0.4 is 19.5 Å². The summed E-state index contributed by atoms with van der Waals surface area (Å²) in [6, 6.07) is 21.2. The van der Waals surface area contributed by atoms with E-state index >= 15 is 0 Å². The largest absolute Gasteiger partial charge is 0.497 e. The molecule has 1 aromatic heterocycles. The van der Waals surface area contributed by atoms with Crippen LogP contribution in [0.1, 0.15) is 5.56 Å². The van der Waals surface area contributed by atoms with Crippen LogP contribution in [0.4, 0.5) is 5.69 Å². The SMILES string of the molecule is COc1ccc(-c2nc(SCC(=O)Nc3ccc(OC)c(OC)c3)c(-c3ccc(C)cc3)[nH]2)cc1. The number of hydrogen-bond acceptors (Lipinski definition) is 6. The van der Waals surface area contributed by atoms with Gasteiger partial charge in [-0.3, -0.25) is 4.79 Å². The molecule has 0 bridgehead atoms. The molecule has 4 aromatic rings. The number of amides is 1. The first-order valence-electron chi connectivity index (χ1n) is 11.0. The van der Waals surface area contributed by atoms with E-state index in [4.69, 9.17) is 19.2 Å². The van der Waals surface area contributed by atoms with Crippen LogP contribution >= 0.6 is 11.8 Å². The van der Waals surface area contributed by atoms with Crippen molar-refractivity contribution < 1.29 is 19.0 Å². The van der Waals surface area contributed by atoms with E-state index in [1.807, 2.05) is 31.2 Å². The van der Waals surface area contributed by atoms with Gasteiger partial charge < -0.3 is 24.5 Å². The first-order chi connectivity index (χ1) is 17.0. The van der Waals surface area contributed by atoms with Crippen molar-refractivity contribution >= 4 is 23.4 Å². The molecule has 0 fully saturated rings. The first-order valence-corrected chi connectivity index (χ1v) is 12.0. The Morgan fingerprint density at radius 3 is 2.23 bits per heavy atom. The number of benzene rings is 3. The van der Waals surface area contributed by atoms with Gasteiger partial charge in [-0.05, 0) is 43.3 Å². The van der Waals surface area contributed by atoms with Gasteiger partial charge >= 0.3 is 0 Å². The molecule has 2 N–H and O–H groups in total. The van der Waals surface area contributed by atoms with Crippen LogP contribution in [-0.4, -0.2) is 43.0 Å². The van der Waals surface area contributed by atoms with E-state index in [1.54, 1.807) is 39.5 Å². The van der Waals surface area contributed by atoms with Gasteiger partial charge in [0.15, 0.2) is 11.5 Å². The smallest absolute Gasteiger partial charge is 0.234 e. The lowest BCUT2D eigenvalue weighted by molar-refractivity contribution is -0.113. The van der Waals surface area contributed by atoms with Crippen molar-refractivity contribution in [2.24, 2.45) is 0 Å². The lowest BCUT2D eigenvalue weighted by Crippen LogP contribution is -2.14. The third-order valence-corrected chi connectivity index (χ3v) is 6.36. The molecule has 0 aliphatic carbocycles. The van der Waals surface area contributed by atoms with Crippen LogP contribution in [0.2, 0.25) is 0 Å². The van der Waals surface area contributed by atoms with Gasteiger partial charge in [0, 0.05) is 22.9 Å². The zero-order valence-electron chi connectivity index (χ0n) is 20.0. The molecular formula is C27H27N3O4S. The van der Waals surface area contributed by atoms with Gasteiger partial charge in [0.25, 0.3) is 0 Å². The van der Waals surface area contributed by atoms with Crippen molar-refractivity contribution in [1.82, 2.24) is 9.97 Å². The maximum Gasteiger partial charge on any atom is 0.234 e. The Hall–Kier alpha value is -3.91. The monoisotopic (exact) mass is 489 g/mol. The predicted octanol–water partition coefficient (Wildman–Crippen LogP) is 5.81. The molecule has 0 aliphatic heterocycles. The number of H-pyrrole nitrogens is 1. The second-order valence-corrected chi connectivity index (χ2v) is 8.73. The van der Waals surface area contributed by atoms with Gasteiger partial charge in [0.1, 0.15) is 16.6 Å². The Bertz CT molecular complexity index is 1300. The Kier molecular flexibility index (Phi) is 7.62. The molecule has 3 aromatic carbocycles. The summed E-state index contributed by atoms with van der Waals surface area (Å²) in [6.07, 6.45) is 0. The number of carbonyl (C=O) groups excluding carboxylic acids is 1. The van der Waals surface area contributed by atoms with Crippen molar-refractivity contribution in [3.63, 3.8) is 0 Å². The minimum Gasteiger partial charge on any atom is -0.497 e. The van der Waals surface area contributed by atoms with E-state index in [2.05, 4.69) is 34.6 Å².